The minimum Gasteiger partial charge on any atom is -0.478 e. The topological polar surface area (TPSA) is 98.7 Å². The molecule has 33 heavy (non-hydrogen) atoms. The third-order valence-electron chi connectivity index (χ3n) is 7.01. The van der Waals surface area contributed by atoms with Crippen LogP contribution >= 0.6 is 0 Å². The van der Waals surface area contributed by atoms with Crippen LogP contribution in [0.2, 0.25) is 0 Å². The number of nitrogens with one attached hydrogen (secondary N) is 2. The maximum absolute atomic E-state index is 13.4. The molecule has 1 aliphatic heterocycles. The lowest BCUT2D eigenvalue weighted by molar-refractivity contribution is 0.0696. The van der Waals surface area contributed by atoms with E-state index in [-0.39, 0.29) is 22.1 Å². The van der Waals surface area contributed by atoms with E-state index in [0.29, 0.717) is 18.3 Å². The predicted molar refractivity (Wildman–Crippen MR) is 131 cm³/mol. The Bertz CT molecular complexity index is 1130. The van der Waals surface area contributed by atoms with Crippen LogP contribution in [0.1, 0.15) is 66.4 Å². The maximum Gasteiger partial charge on any atom is 0.338 e. The third-order valence-corrected chi connectivity index (χ3v) is 8.43. The summed E-state index contributed by atoms with van der Waals surface area (Å²) in [5.74, 6) is -1.03. The Hall–Kier alpha value is -2.58. The lowest BCUT2D eigenvalue weighted by atomic mass is 9.80. The van der Waals surface area contributed by atoms with E-state index in [1.807, 2.05) is 13.0 Å². The zero-order valence-electron chi connectivity index (χ0n) is 19.3. The summed E-state index contributed by atoms with van der Waals surface area (Å²) in [6.45, 7) is 3.77. The second-order valence-corrected chi connectivity index (χ2v) is 10.9. The van der Waals surface area contributed by atoms with Gasteiger partial charge in [0.2, 0.25) is 0 Å². The van der Waals surface area contributed by atoms with Gasteiger partial charge < -0.3 is 15.3 Å². The van der Waals surface area contributed by atoms with Crippen molar-refractivity contribution in [1.29, 1.82) is 0 Å². The van der Waals surface area contributed by atoms with Crippen LogP contribution in [0.5, 0.6) is 0 Å². The van der Waals surface area contributed by atoms with Crippen LogP contribution < -0.4 is 10.0 Å². The van der Waals surface area contributed by atoms with Crippen LogP contribution in [0.3, 0.4) is 0 Å². The smallest absolute Gasteiger partial charge is 0.338 e. The summed E-state index contributed by atoms with van der Waals surface area (Å²) in [5.41, 5.74) is 2.46. The van der Waals surface area contributed by atoms with Gasteiger partial charge in [-0.3, -0.25) is 4.72 Å². The summed E-state index contributed by atoms with van der Waals surface area (Å²) in [6, 6.07) is 10.7. The summed E-state index contributed by atoms with van der Waals surface area (Å²) in [5, 5.41) is 13.2. The number of carboxylic acid groups (broad SMARTS) is 1. The fourth-order valence-electron chi connectivity index (χ4n) is 5.27. The second-order valence-electron chi connectivity index (χ2n) is 9.25. The number of benzene rings is 2. The van der Waals surface area contributed by atoms with Crippen LogP contribution in [-0.4, -0.2) is 50.6 Å². The number of hydrogen-bond acceptors (Lipinski definition) is 5. The highest BCUT2D eigenvalue weighted by Gasteiger charge is 2.28. The number of aromatic carboxylic acids is 1. The summed E-state index contributed by atoms with van der Waals surface area (Å²) in [6.07, 6.45) is 6.01. The standard InChI is InChI=1S/C25H33N3O4S/c1-17-7-5-8-18-12-13-21(24(23(17)18)25(29)30)27-33(31,32)22-11-4-3-10-20(22)26-15-14-19-9-6-16-28(19)2/h3-4,10-13,17,19,26-27H,5-9,14-16H2,1-2H3,(H,29,30)/t17-,19?/m1/s1. The highest BCUT2D eigenvalue weighted by atomic mass is 32.2. The number of carboxylic acids is 1. The number of aryl methyl sites for hydroxylation is 1. The van der Waals surface area contributed by atoms with Gasteiger partial charge in [0.25, 0.3) is 10.0 Å². The number of hydrogen-bond donors (Lipinski definition) is 3. The molecule has 3 N–H and O–H groups in total. The van der Waals surface area contributed by atoms with E-state index in [1.54, 1.807) is 30.3 Å². The first-order chi connectivity index (χ1) is 15.8. The Morgan fingerprint density at radius 2 is 1.91 bits per heavy atom. The molecule has 7 nitrogen and oxygen atoms in total. The quantitative estimate of drug-likeness (QED) is 0.524. The van der Waals surface area contributed by atoms with Crippen LogP contribution in [-0.2, 0) is 16.4 Å². The van der Waals surface area contributed by atoms with E-state index in [2.05, 4.69) is 22.0 Å². The summed E-state index contributed by atoms with van der Waals surface area (Å²) in [7, 11) is -1.87. The molecule has 0 saturated carbocycles. The number of carbonyl (C=O) groups is 1. The first-order valence-corrected chi connectivity index (χ1v) is 13.2. The van der Waals surface area contributed by atoms with Gasteiger partial charge in [-0.2, -0.15) is 0 Å². The van der Waals surface area contributed by atoms with Crippen LogP contribution in [0.25, 0.3) is 0 Å². The average molecular weight is 472 g/mol. The van der Waals surface area contributed by atoms with Gasteiger partial charge in [-0.05, 0) is 87.4 Å². The van der Waals surface area contributed by atoms with E-state index in [4.69, 9.17) is 0 Å². The lowest BCUT2D eigenvalue weighted by Crippen LogP contribution is -2.27. The van der Waals surface area contributed by atoms with Gasteiger partial charge >= 0.3 is 5.97 Å². The molecule has 2 aliphatic rings. The third kappa shape index (κ3) is 5.01. The van der Waals surface area contributed by atoms with E-state index in [0.717, 1.165) is 49.8 Å². The predicted octanol–water partition coefficient (Wildman–Crippen LogP) is 4.52. The molecule has 4 rings (SSSR count). The Morgan fingerprint density at radius 1 is 1.12 bits per heavy atom. The number of fused-ring (bicyclic) bond motifs is 1. The van der Waals surface area contributed by atoms with E-state index in [1.165, 1.54) is 6.42 Å². The zero-order chi connectivity index (χ0) is 23.6. The molecule has 2 atom stereocenters. The molecule has 2 aromatic rings. The number of likely N-dealkylation sites (tertiary alicyclic amines) is 1. The molecule has 0 spiro atoms. The van der Waals surface area contributed by atoms with Crippen molar-refractivity contribution in [2.75, 3.05) is 30.2 Å². The molecule has 2 aromatic carbocycles. The Kier molecular flexibility index (Phi) is 6.95. The number of nitrogens with zero attached hydrogens (tertiary/aromatic N) is 1. The van der Waals surface area contributed by atoms with Crippen molar-refractivity contribution in [3.05, 3.63) is 53.1 Å². The van der Waals surface area contributed by atoms with Crippen molar-refractivity contribution in [2.24, 2.45) is 0 Å². The minimum absolute atomic E-state index is 0.0676. The molecular weight excluding hydrogens is 438 g/mol. The monoisotopic (exact) mass is 471 g/mol. The molecule has 1 fully saturated rings. The van der Waals surface area contributed by atoms with Crippen LogP contribution in [0.4, 0.5) is 11.4 Å². The normalized spacial score (nSPS) is 20.9. The summed E-state index contributed by atoms with van der Waals surface area (Å²) >= 11 is 0. The number of para-hydroxylation sites is 1. The van der Waals surface area contributed by atoms with Gasteiger partial charge in [0.15, 0.2) is 0 Å². The van der Waals surface area contributed by atoms with Crippen molar-refractivity contribution >= 4 is 27.4 Å². The van der Waals surface area contributed by atoms with Crippen molar-refractivity contribution < 1.29 is 18.3 Å². The first kappa shape index (κ1) is 23.6. The summed E-state index contributed by atoms with van der Waals surface area (Å²) < 4.78 is 29.3. The molecule has 1 heterocycles. The Balaban J connectivity index is 1.59. The largest absolute Gasteiger partial charge is 0.478 e. The van der Waals surface area contributed by atoms with Crippen LogP contribution in [0.15, 0.2) is 41.3 Å². The molecule has 1 aliphatic carbocycles. The van der Waals surface area contributed by atoms with Gasteiger partial charge in [-0.25, -0.2) is 13.2 Å². The zero-order valence-corrected chi connectivity index (χ0v) is 20.1. The molecule has 0 radical (unpaired) electrons. The highest BCUT2D eigenvalue weighted by molar-refractivity contribution is 7.92. The second kappa shape index (κ2) is 9.73. The average Bonchev–Trinajstić information content (AvgIpc) is 3.18. The molecular formula is C25H33N3O4S. The fraction of sp³-hybridized carbons (Fsp3) is 0.480. The maximum atomic E-state index is 13.4. The molecule has 178 valence electrons. The van der Waals surface area contributed by atoms with Crippen LogP contribution in [0, 0.1) is 0 Å². The number of anilines is 2. The van der Waals surface area contributed by atoms with Crippen molar-refractivity contribution in [2.45, 2.75) is 62.3 Å². The van der Waals surface area contributed by atoms with Gasteiger partial charge in [0, 0.05) is 12.6 Å². The fourth-order valence-corrected chi connectivity index (χ4v) is 6.52. The van der Waals surface area contributed by atoms with Crippen molar-refractivity contribution in [3.63, 3.8) is 0 Å². The molecule has 1 unspecified atom stereocenters. The Labute approximate surface area is 196 Å². The van der Waals surface area contributed by atoms with E-state index < -0.39 is 16.0 Å². The summed E-state index contributed by atoms with van der Waals surface area (Å²) in [4.78, 5) is 14.6. The van der Waals surface area contributed by atoms with E-state index in [9.17, 15) is 18.3 Å². The van der Waals surface area contributed by atoms with Gasteiger partial charge in [-0.15, -0.1) is 0 Å². The molecule has 8 heteroatoms. The molecule has 0 aromatic heterocycles. The highest BCUT2D eigenvalue weighted by Crippen LogP contribution is 2.38. The van der Waals surface area contributed by atoms with Gasteiger partial charge in [0.05, 0.1) is 16.9 Å². The van der Waals surface area contributed by atoms with Crippen molar-refractivity contribution in [1.82, 2.24) is 4.90 Å². The molecule has 1 saturated heterocycles. The number of sulfonamides is 1. The minimum atomic E-state index is -3.99. The SMILES string of the molecule is C[C@@H]1CCCc2ccc(NS(=O)(=O)c3ccccc3NCCC3CCCN3C)c(C(=O)O)c21. The van der Waals surface area contributed by atoms with Gasteiger partial charge in [-0.1, -0.05) is 25.1 Å². The first-order valence-electron chi connectivity index (χ1n) is 11.7. The van der Waals surface area contributed by atoms with E-state index >= 15 is 0 Å². The number of rotatable bonds is 8. The van der Waals surface area contributed by atoms with Gasteiger partial charge in [0.1, 0.15) is 4.90 Å². The molecule has 0 amide bonds. The molecule has 0 bridgehead atoms. The Morgan fingerprint density at radius 3 is 2.64 bits per heavy atom. The van der Waals surface area contributed by atoms with Crippen molar-refractivity contribution in [3.8, 4) is 0 Å². The lowest BCUT2D eigenvalue weighted by Gasteiger charge is -2.26.